The molecule has 0 saturated carbocycles. The normalized spacial score (nSPS) is 20.7. The first-order chi connectivity index (χ1) is 62.6. The Kier molecular flexibility index (Phi) is 40.4. The molecule has 131 heavy (non-hydrogen) atoms. The zero-order valence-corrected chi connectivity index (χ0v) is 73.5. The summed E-state index contributed by atoms with van der Waals surface area (Å²) in [6, 6.07) is -2.19. The van der Waals surface area contributed by atoms with Crippen LogP contribution in [0.15, 0.2) is 97.6 Å². The lowest BCUT2D eigenvalue weighted by molar-refractivity contribution is -0.148. The molecule has 15 amide bonds. The van der Waals surface area contributed by atoms with Gasteiger partial charge in [-0.3, -0.25) is 92.3 Å². The number of aromatic nitrogens is 3. The van der Waals surface area contributed by atoms with Crippen molar-refractivity contribution in [3.05, 3.63) is 120 Å². The van der Waals surface area contributed by atoms with Crippen molar-refractivity contribution in [3.8, 4) is 5.75 Å². The number of imidazole rings is 1. The maximum absolute atomic E-state index is 15.7. The Morgan fingerprint density at radius 2 is 1.12 bits per heavy atom. The van der Waals surface area contributed by atoms with Crippen LogP contribution in [0.1, 0.15) is 119 Å². The summed E-state index contributed by atoms with van der Waals surface area (Å²) >= 11 is 0. The maximum atomic E-state index is 15.7. The molecule has 3 aromatic carbocycles. The van der Waals surface area contributed by atoms with Gasteiger partial charge in [0.05, 0.1) is 25.0 Å². The molecular formula is C83H115N25O21S2. The monoisotopic (exact) mass is 1860 g/mol. The molecule has 0 bridgehead atoms. The van der Waals surface area contributed by atoms with Gasteiger partial charge in [-0.25, -0.2) is 4.98 Å². The number of aromatic hydroxyl groups is 1. The Hall–Kier alpha value is -13.6. The second-order valence-corrected chi connectivity index (χ2v) is 34.2. The number of hydrogen-bond acceptors (Lipinski definition) is 25. The number of aromatic amines is 2. The van der Waals surface area contributed by atoms with E-state index in [2.05, 4.69) is 89.4 Å². The van der Waals surface area contributed by atoms with Crippen LogP contribution < -0.4 is 97.4 Å². The molecule has 0 aliphatic carbocycles. The fourth-order valence-corrected chi connectivity index (χ4v) is 17.3. The predicted molar refractivity (Wildman–Crippen MR) is 476 cm³/mol. The average molecular weight is 1860 g/mol. The topological polar surface area (TPSA) is 742 Å². The zero-order valence-electron chi connectivity index (χ0n) is 71.9. The van der Waals surface area contributed by atoms with E-state index >= 15 is 43.2 Å². The highest BCUT2D eigenvalue weighted by Crippen LogP contribution is 2.29. The highest BCUT2D eigenvalue weighted by molar-refractivity contribution is 8.76. The van der Waals surface area contributed by atoms with Gasteiger partial charge in [-0.1, -0.05) is 82.3 Å². The highest BCUT2D eigenvalue weighted by atomic mass is 33.1. The average Bonchev–Trinajstić information content (AvgIpc) is 1.66. The second kappa shape index (κ2) is 51.5. The van der Waals surface area contributed by atoms with E-state index in [1.165, 1.54) is 41.7 Å². The number of carbonyl (C=O) groups excluding carboxylic acids is 15. The van der Waals surface area contributed by atoms with Crippen LogP contribution in [-0.4, -0.2) is 293 Å². The van der Waals surface area contributed by atoms with Crippen molar-refractivity contribution in [2.45, 2.75) is 207 Å². The fraction of sp³-hybridized carbons (Fsp3) is 0.494. The number of fused-ring (bicyclic) bond motifs is 1. The predicted octanol–water partition coefficient (Wildman–Crippen LogP) is -5.45. The summed E-state index contributed by atoms with van der Waals surface area (Å²) in [6.45, 7) is -0.0918. The molecule has 3 aliphatic heterocycles. The number of benzene rings is 3. The van der Waals surface area contributed by atoms with Crippen molar-refractivity contribution in [2.75, 3.05) is 50.8 Å². The van der Waals surface area contributed by atoms with E-state index < -0.39 is 241 Å². The number of carbonyl (C=O) groups is 17. The summed E-state index contributed by atoms with van der Waals surface area (Å²) in [5.74, 6) is -20.3. The molecule has 46 nitrogen and oxygen atoms in total. The van der Waals surface area contributed by atoms with Crippen molar-refractivity contribution < 1.29 is 102 Å². The summed E-state index contributed by atoms with van der Waals surface area (Å²) in [5.41, 5.74) is 24.5. The third-order valence-corrected chi connectivity index (χ3v) is 24.2. The van der Waals surface area contributed by atoms with Gasteiger partial charge >= 0.3 is 11.9 Å². The summed E-state index contributed by atoms with van der Waals surface area (Å²) in [7, 11) is 1.46. The Labute approximate surface area is 759 Å². The fourth-order valence-electron chi connectivity index (χ4n) is 15.0. The van der Waals surface area contributed by atoms with Crippen molar-refractivity contribution in [1.82, 2.24) is 99.2 Å². The molecule has 3 fully saturated rings. The number of unbranched alkanes of at least 4 members (excludes halogenated alkanes) is 1. The molecule has 8 rings (SSSR count). The number of nitrogens with two attached hydrogens (primary N) is 4. The first-order valence-electron chi connectivity index (χ1n) is 42.6. The molecule has 3 saturated heterocycles. The number of para-hydroxylation sites is 1. The minimum atomic E-state index is -1.93. The standard InChI is InChI=1S/C83H115N25O21S2/c1-44(110)95-57(34-46-22-24-49(111)25-23-46)73(121)96-54(19-10-30-92-83(88)89)71(119)105-62-41-130-131-42-63(78(126)104-61(40-109)80(128)108-32-12-21-65(108)81(129)107-31-11-20-64(107)79(127)99-52(17-7-8-28-84)69(117)100-56(68(85)116)37-67(114)115)106-75(123)59(35-47-38-93-51-16-6-5-15-50(47)51)102-70(118)53(18-9-29-91-82(86)87)97-74(122)58(33-45-13-3-2-4-14-45)101-76(124)60(36-48-39-90-43-94-48)103-72(120)55(98-77(62)125)26-27-66(112)113/h2-6,13-16,22-25,38-39,43,52-65,93,109,111H,7-12,17-21,26-37,40-42,84H2,1H3,(H2,85,116)(H,90,94)(H,95,110)(H,96,121)(H,97,122)(H,98,125)(H,99,127)(H,100,117)(H,101,124)(H,102,118)(H,103,120)(H,104,126)(H,105,119)(H,106,123)(H,112,113)(H,114,115)(H4,86,87,91)(H4,88,89,92)/t52-,53-,54-,55-,56-,57-,58+,59-,60-,61-,62-,63-,64-,65-/m0/s1. The van der Waals surface area contributed by atoms with E-state index in [9.17, 15) is 58.8 Å². The van der Waals surface area contributed by atoms with Crippen molar-refractivity contribution >= 4 is 145 Å². The van der Waals surface area contributed by atoms with Crippen LogP contribution >= 0.6 is 21.6 Å². The number of primary amides is 1. The summed E-state index contributed by atoms with van der Waals surface area (Å²) < 4.78 is 0. The molecule has 3 aliphatic rings. The lowest BCUT2D eigenvalue weighted by atomic mass is 10.0. The Morgan fingerprint density at radius 1 is 0.557 bits per heavy atom. The Balaban J connectivity index is 1.20. The van der Waals surface area contributed by atoms with Crippen LogP contribution in [0, 0.1) is 10.8 Å². The zero-order chi connectivity index (χ0) is 95.4. The number of carboxylic acid groups (broad SMARTS) is 2. The molecule has 30 N–H and O–H groups in total. The number of aliphatic carboxylic acids is 2. The van der Waals surface area contributed by atoms with Gasteiger partial charge in [0.25, 0.3) is 0 Å². The number of phenols is 1. The molecule has 0 unspecified atom stereocenters. The van der Waals surface area contributed by atoms with Crippen LogP contribution in [0.5, 0.6) is 5.75 Å². The number of nitrogens with one attached hydrogen (secondary N) is 18. The summed E-state index contributed by atoms with van der Waals surface area (Å²) in [5, 5.41) is 93.4. The maximum Gasteiger partial charge on any atom is 0.305 e. The molecule has 48 heteroatoms. The van der Waals surface area contributed by atoms with Gasteiger partial charge in [-0.15, -0.1) is 0 Å². The first-order valence-corrected chi connectivity index (χ1v) is 45.1. The number of likely N-dealkylation sites (tertiary alicyclic amines) is 2. The van der Waals surface area contributed by atoms with Crippen LogP contribution in [0.3, 0.4) is 0 Å². The highest BCUT2D eigenvalue weighted by Gasteiger charge is 2.46. The third-order valence-electron chi connectivity index (χ3n) is 21.7. The van der Waals surface area contributed by atoms with Crippen LogP contribution in [-0.2, 0) is 107 Å². The quantitative estimate of drug-likeness (QED) is 0.00753. The van der Waals surface area contributed by atoms with Gasteiger partial charge in [0.1, 0.15) is 90.3 Å². The summed E-state index contributed by atoms with van der Waals surface area (Å²) in [4.78, 5) is 257. The number of carboxylic acids is 2. The molecule has 2 aromatic heterocycles. The number of rotatable bonds is 40. The van der Waals surface area contributed by atoms with E-state index in [1.54, 1.807) is 60.8 Å². The Bertz CT molecular complexity index is 4860. The van der Waals surface area contributed by atoms with Gasteiger partial charge < -0.3 is 138 Å². The number of amides is 15. The number of aliphatic hydroxyl groups excluding tert-OH is 1. The van der Waals surface area contributed by atoms with Crippen LogP contribution in [0.25, 0.3) is 10.9 Å². The second-order valence-electron chi connectivity index (χ2n) is 31.6. The van der Waals surface area contributed by atoms with Gasteiger partial charge in [-0.2, -0.15) is 0 Å². The molecular weight excluding hydrogens is 1750 g/mol. The van der Waals surface area contributed by atoms with Crippen molar-refractivity contribution in [2.24, 2.45) is 22.9 Å². The third kappa shape index (κ3) is 32.5. The van der Waals surface area contributed by atoms with Gasteiger partial charge in [0.2, 0.25) is 88.6 Å². The van der Waals surface area contributed by atoms with Gasteiger partial charge in [-0.05, 0) is 118 Å². The largest absolute Gasteiger partial charge is 0.508 e. The summed E-state index contributed by atoms with van der Waals surface area (Å²) in [6.07, 6.45) is 1.13. The SMILES string of the molecule is CC(=O)N[C@@H](Cc1ccc(O)cc1)C(=O)N[C@@H](CCCNC(=N)N)C(=O)N[C@H]1CSSC[C@@H](C(=O)N[C@@H](CO)C(=O)N2CCC[C@H]2C(=O)N2CCC[C@H]2C(=O)N[C@@H](CCCCN)C(=O)N[C@@H](CC(=O)O)C(N)=O)NC(=O)[C@H](Cc2c[nH]c3ccccc23)NC(=O)[C@H](CCCNC(=N)N)NC(=O)[C@@H](Cc2ccccc2)NC(=O)[C@H](Cc2c[nH]cn2)NC(=O)[C@H](CCC(=O)O)NC1=O. The molecule has 710 valence electrons. The number of aliphatic hydroxyl groups is 1. The molecule has 0 spiro atoms. The van der Waals surface area contributed by atoms with Crippen molar-refractivity contribution in [3.63, 3.8) is 0 Å². The number of hydrogen-bond donors (Lipinski definition) is 26. The van der Waals surface area contributed by atoms with Crippen LogP contribution in [0.2, 0.25) is 0 Å². The molecule has 0 radical (unpaired) electrons. The van der Waals surface area contributed by atoms with E-state index in [-0.39, 0.29) is 128 Å². The number of nitrogens with zero attached hydrogens (tertiary/aromatic N) is 3. The molecule has 5 aromatic rings. The van der Waals surface area contributed by atoms with Crippen LogP contribution in [0.4, 0.5) is 0 Å². The van der Waals surface area contributed by atoms with E-state index in [1.807, 2.05) is 0 Å². The van der Waals surface area contributed by atoms with Gasteiger partial charge in [0, 0.05) is 100 Å². The van der Waals surface area contributed by atoms with Crippen molar-refractivity contribution in [1.29, 1.82) is 10.8 Å². The minimum Gasteiger partial charge on any atom is -0.508 e. The van der Waals surface area contributed by atoms with E-state index in [4.69, 9.17) is 33.8 Å². The lowest BCUT2D eigenvalue weighted by Crippen LogP contribution is -2.62. The number of H-pyrrole nitrogens is 2. The minimum absolute atomic E-state index is 0.000600. The van der Waals surface area contributed by atoms with E-state index in [0.717, 1.165) is 33.4 Å². The first kappa shape index (κ1) is 103. The smallest absolute Gasteiger partial charge is 0.305 e. The number of phenolic OH excluding ortho intramolecular Hbond substituents is 1. The van der Waals surface area contributed by atoms with Gasteiger partial charge in [0.15, 0.2) is 11.9 Å². The van der Waals surface area contributed by atoms with E-state index in [0.29, 0.717) is 34.0 Å². The molecule has 14 atom stereocenters. The Morgan fingerprint density at radius 3 is 1.76 bits per heavy atom. The molecule has 5 heterocycles. The lowest BCUT2D eigenvalue weighted by Gasteiger charge is -2.33. The number of guanidine groups is 2.